The smallest absolute Gasteiger partial charge is 0.258 e. The number of carbonyl (C=O) groups excluding carboxylic acids is 1. The van der Waals surface area contributed by atoms with Crippen molar-refractivity contribution in [3.63, 3.8) is 0 Å². The minimum Gasteiger partial charge on any atom is -0.371 e. The van der Waals surface area contributed by atoms with Crippen LogP contribution < -0.4 is 10.2 Å². The highest BCUT2D eigenvalue weighted by Crippen LogP contribution is 2.54. The van der Waals surface area contributed by atoms with Crippen LogP contribution in [0.3, 0.4) is 0 Å². The molecule has 1 saturated heterocycles. The number of anilines is 2. The third kappa shape index (κ3) is 4.36. The number of nitrogens with one attached hydrogen (secondary N) is 1. The summed E-state index contributed by atoms with van der Waals surface area (Å²) in [5.41, 5.74) is 2.57. The molecule has 2 aromatic rings. The minimum atomic E-state index is -3.36. The van der Waals surface area contributed by atoms with E-state index in [-0.39, 0.29) is 16.7 Å². The summed E-state index contributed by atoms with van der Waals surface area (Å²) in [6.45, 7) is 5.79. The lowest BCUT2D eigenvalue weighted by Crippen LogP contribution is -2.35. The van der Waals surface area contributed by atoms with Crippen LogP contribution in [0.5, 0.6) is 0 Å². The van der Waals surface area contributed by atoms with Crippen molar-refractivity contribution in [1.29, 1.82) is 0 Å². The van der Waals surface area contributed by atoms with E-state index in [0.29, 0.717) is 22.5 Å². The Balaban J connectivity index is 1.64. The van der Waals surface area contributed by atoms with Crippen molar-refractivity contribution in [2.45, 2.75) is 50.3 Å². The van der Waals surface area contributed by atoms with Gasteiger partial charge < -0.3 is 10.2 Å². The van der Waals surface area contributed by atoms with E-state index in [2.05, 4.69) is 29.0 Å². The number of rotatable bonds is 5. The first kappa shape index (κ1) is 20.8. The fourth-order valence-electron chi connectivity index (χ4n) is 4.12. The third-order valence-corrected chi connectivity index (χ3v) is 7.48. The molecule has 2 fully saturated rings. The number of benzene rings is 1. The molecule has 1 N–H and O–H groups in total. The Kier molecular flexibility index (Phi) is 5.34. The van der Waals surface area contributed by atoms with Crippen LogP contribution >= 0.6 is 0 Å². The zero-order chi connectivity index (χ0) is 21.5. The van der Waals surface area contributed by atoms with Crippen LogP contribution in [-0.4, -0.2) is 38.7 Å². The minimum absolute atomic E-state index is 0.237. The topological polar surface area (TPSA) is 79.4 Å². The number of hydrogen-bond donors (Lipinski definition) is 1. The van der Waals surface area contributed by atoms with Gasteiger partial charge in [-0.25, -0.2) is 13.4 Å². The first-order valence-electron chi connectivity index (χ1n) is 10.5. The van der Waals surface area contributed by atoms with Crippen molar-refractivity contribution < 1.29 is 13.2 Å². The Labute approximate surface area is 178 Å². The lowest BCUT2D eigenvalue weighted by Gasteiger charge is -2.35. The summed E-state index contributed by atoms with van der Waals surface area (Å²) in [5, 5.41) is 2.89. The molecule has 1 saturated carbocycles. The van der Waals surface area contributed by atoms with Gasteiger partial charge >= 0.3 is 0 Å². The predicted molar refractivity (Wildman–Crippen MR) is 119 cm³/mol. The monoisotopic (exact) mass is 427 g/mol. The van der Waals surface area contributed by atoms with Crippen molar-refractivity contribution in [3.8, 4) is 0 Å². The van der Waals surface area contributed by atoms with E-state index >= 15 is 0 Å². The van der Waals surface area contributed by atoms with Crippen molar-refractivity contribution in [2.75, 3.05) is 29.6 Å². The molecular formula is C23H29N3O3S. The normalized spacial score (nSPS) is 17.9. The highest BCUT2D eigenvalue weighted by atomic mass is 32.2. The van der Waals surface area contributed by atoms with E-state index in [1.807, 2.05) is 12.1 Å². The molecule has 0 bridgehead atoms. The number of sulfone groups is 1. The van der Waals surface area contributed by atoms with E-state index < -0.39 is 9.84 Å². The fourth-order valence-corrected chi connectivity index (χ4v) is 4.76. The highest BCUT2D eigenvalue weighted by Gasteiger charge is 2.44. The van der Waals surface area contributed by atoms with Crippen molar-refractivity contribution in [2.24, 2.45) is 5.41 Å². The lowest BCUT2D eigenvalue weighted by atomic mass is 9.93. The molecule has 1 aliphatic carbocycles. The van der Waals surface area contributed by atoms with Crippen LogP contribution in [0.1, 0.15) is 61.5 Å². The average molecular weight is 428 g/mol. The first-order valence-corrected chi connectivity index (χ1v) is 12.4. The van der Waals surface area contributed by atoms with Crippen LogP contribution in [0.4, 0.5) is 11.5 Å². The summed E-state index contributed by atoms with van der Waals surface area (Å²) in [4.78, 5) is 20.0. The van der Waals surface area contributed by atoms with Gasteiger partial charge in [0.1, 0.15) is 5.82 Å². The molecular weight excluding hydrogens is 398 g/mol. The second-order valence-electron chi connectivity index (χ2n) is 8.99. The van der Waals surface area contributed by atoms with E-state index in [0.717, 1.165) is 31.6 Å². The molecule has 160 valence electrons. The second kappa shape index (κ2) is 7.69. The quantitative estimate of drug-likeness (QED) is 0.772. The summed E-state index contributed by atoms with van der Waals surface area (Å²) < 4.78 is 24.3. The number of amides is 1. The number of aromatic nitrogens is 1. The van der Waals surface area contributed by atoms with Crippen LogP contribution in [0.15, 0.2) is 41.3 Å². The molecule has 1 spiro atoms. The first-order chi connectivity index (χ1) is 14.2. The van der Waals surface area contributed by atoms with Gasteiger partial charge in [0, 0.05) is 25.0 Å². The maximum absolute atomic E-state index is 13.1. The van der Waals surface area contributed by atoms with Gasteiger partial charge in [-0.1, -0.05) is 19.9 Å². The summed E-state index contributed by atoms with van der Waals surface area (Å²) in [6.07, 6.45) is 5.96. The van der Waals surface area contributed by atoms with Crippen LogP contribution in [-0.2, 0) is 9.84 Å². The number of hydrogen-bond acceptors (Lipinski definition) is 5. The molecule has 6 nitrogen and oxygen atoms in total. The molecule has 2 heterocycles. The molecule has 30 heavy (non-hydrogen) atoms. The number of carbonyl (C=O) groups is 1. The van der Waals surface area contributed by atoms with Gasteiger partial charge in [-0.15, -0.1) is 0 Å². The Morgan fingerprint density at radius 2 is 1.80 bits per heavy atom. The van der Waals surface area contributed by atoms with Crippen LogP contribution in [0.2, 0.25) is 0 Å². The largest absolute Gasteiger partial charge is 0.371 e. The summed E-state index contributed by atoms with van der Waals surface area (Å²) in [5.74, 6) is 0.486. The molecule has 1 aromatic carbocycles. The van der Waals surface area contributed by atoms with E-state index in [4.69, 9.17) is 0 Å². The molecule has 2 aliphatic rings. The van der Waals surface area contributed by atoms with Gasteiger partial charge in [-0.05, 0) is 67.3 Å². The third-order valence-electron chi connectivity index (χ3n) is 6.37. The Morgan fingerprint density at radius 1 is 1.10 bits per heavy atom. The SMILES string of the molecule is CC(C)c1cccc(NC(=O)c2ccc(S(C)(=O)=O)cc2N2CCC3(CC2)CC3)n1. The zero-order valence-corrected chi connectivity index (χ0v) is 18.6. The number of nitrogens with zero attached hydrogens (tertiary/aromatic N) is 2. The highest BCUT2D eigenvalue weighted by molar-refractivity contribution is 7.90. The molecule has 1 amide bonds. The number of piperidine rings is 1. The summed E-state index contributed by atoms with van der Waals surface area (Å²) in [6, 6.07) is 10.4. The van der Waals surface area contributed by atoms with Crippen LogP contribution in [0, 0.1) is 5.41 Å². The lowest BCUT2D eigenvalue weighted by molar-refractivity contribution is 0.102. The van der Waals surface area contributed by atoms with Gasteiger partial charge in [0.2, 0.25) is 0 Å². The maximum Gasteiger partial charge on any atom is 0.258 e. The van der Waals surface area contributed by atoms with Crippen molar-refractivity contribution in [1.82, 2.24) is 4.98 Å². The van der Waals surface area contributed by atoms with E-state index in [1.54, 1.807) is 18.2 Å². The van der Waals surface area contributed by atoms with Gasteiger partial charge in [-0.2, -0.15) is 0 Å². The molecule has 1 aliphatic heterocycles. The molecule has 7 heteroatoms. The molecule has 4 rings (SSSR count). The Bertz CT molecular complexity index is 1060. The average Bonchev–Trinajstić information content (AvgIpc) is 3.46. The number of pyridine rings is 1. The van der Waals surface area contributed by atoms with Gasteiger partial charge in [0.15, 0.2) is 9.84 Å². The standard InChI is InChI=1S/C23H29N3O3S/c1-16(2)19-5-4-6-21(24-19)25-22(27)18-8-7-17(30(3,28)29)15-20(18)26-13-11-23(9-10-23)12-14-26/h4-8,15-16H,9-14H2,1-3H3,(H,24,25,27). The van der Waals surface area contributed by atoms with Gasteiger partial charge in [0.25, 0.3) is 5.91 Å². The zero-order valence-electron chi connectivity index (χ0n) is 17.8. The van der Waals surface area contributed by atoms with Gasteiger partial charge in [0.05, 0.1) is 16.1 Å². The molecule has 1 aromatic heterocycles. The second-order valence-corrected chi connectivity index (χ2v) is 11.0. The molecule has 0 unspecified atom stereocenters. The maximum atomic E-state index is 13.1. The Hall–Kier alpha value is -2.41. The van der Waals surface area contributed by atoms with Crippen molar-refractivity contribution >= 4 is 27.2 Å². The fraction of sp³-hybridized carbons (Fsp3) is 0.478. The summed E-state index contributed by atoms with van der Waals surface area (Å²) >= 11 is 0. The predicted octanol–water partition coefficient (Wildman–Crippen LogP) is 4.24. The van der Waals surface area contributed by atoms with E-state index in [1.165, 1.54) is 25.2 Å². The van der Waals surface area contributed by atoms with Crippen LogP contribution in [0.25, 0.3) is 0 Å². The van der Waals surface area contributed by atoms with E-state index in [9.17, 15) is 13.2 Å². The summed E-state index contributed by atoms with van der Waals surface area (Å²) in [7, 11) is -3.36. The Morgan fingerprint density at radius 3 is 2.40 bits per heavy atom. The molecule has 0 atom stereocenters. The van der Waals surface area contributed by atoms with Crippen molar-refractivity contribution in [3.05, 3.63) is 47.7 Å². The molecule has 0 radical (unpaired) electrons. The van der Waals surface area contributed by atoms with Gasteiger partial charge in [-0.3, -0.25) is 4.79 Å².